The van der Waals surface area contributed by atoms with Gasteiger partial charge in [0, 0.05) is 47.1 Å². The molecule has 5 aromatic rings. The van der Waals surface area contributed by atoms with Crippen LogP contribution in [0.3, 0.4) is 0 Å². The molecule has 98 heavy (non-hydrogen) atoms. The molecule has 4 aliphatic rings. The van der Waals surface area contributed by atoms with Gasteiger partial charge in [-0.3, -0.25) is 42.3 Å². The van der Waals surface area contributed by atoms with Crippen LogP contribution in [0.4, 0.5) is 4.79 Å². The van der Waals surface area contributed by atoms with E-state index in [-0.39, 0.29) is 33.0 Å². The Hall–Kier alpha value is -8.55. The SMILES string of the molecule is CC(=O)OC[C@H]1O[C@@H](O[C@H]2[C@H]3O[C@@H](c4ccccc4)OC[C@H]3O[C@@H](O[C@@H]3CO[C@@H](OC[C@H](NC(=O)OCc4ccccc4)C(=O)OCc4ccccc4)[C@H](OP(=O)(OCc4ccccc4)OCc4ccccc4)[C@H]3OC(C)=O)[C@@H]2OC(C)=O)[C@H](OC(C)=O)[C@@H](OC(C)=O)[C@H]1OC(C)=O. The molecule has 29 nitrogen and oxygen atoms in total. The van der Waals surface area contributed by atoms with Crippen LogP contribution in [0, 0.1) is 0 Å². The monoisotopic (exact) mass is 1390 g/mol. The summed E-state index contributed by atoms with van der Waals surface area (Å²) < 4.78 is 132. The van der Waals surface area contributed by atoms with Crippen LogP contribution >= 0.6 is 7.82 Å². The number of phosphoric ester groups is 1. The first-order valence-corrected chi connectivity index (χ1v) is 32.6. The molecule has 4 heterocycles. The minimum atomic E-state index is -5.03. The van der Waals surface area contributed by atoms with Gasteiger partial charge in [-0.05, 0) is 22.3 Å². The topological polar surface area (TPSA) is 341 Å². The third-order valence-corrected chi connectivity index (χ3v) is 16.4. The normalized spacial score (nSPS) is 26.3. The smallest absolute Gasteiger partial charge is 0.463 e. The second-order valence-electron chi connectivity index (χ2n) is 22.6. The highest BCUT2D eigenvalue weighted by Crippen LogP contribution is 2.54. The molecule has 4 aliphatic heterocycles. The van der Waals surface area contributed by atoms with Crippen LogP contribution in [0.5, 0.6) is 0 Å². The molecule has 0 aromatic heterocycles. The summed E-state index contributed by atoms with van der Waals surface area (Å²) in [6.07, 6.45) is -26.3. The van der Waals surface area contributed by atoms with Crippen molar-refractivity contribution in [3.63, 3.8) is 0 Å². The molecule has 9 rings (SSSR count). The van der Waals surface area contributed by atoms with Crippen molar-refractivity contribution in [3.8, 4) is 0 Å². The number of ether oxygens (including phenoxy) is 16. The zero-order chi connectivity index (χ0) is 69.7. The van der Waals surface area contributed by atoms with Crippen molar-refractivity contribution in [1.29, 1.82) is 0 Å². The van der Waals surface area contributed by atoms with Gasteiger partial charge >= 0.3 is 55.7 Å². The number of alkyl carbamates (subject to hydrolysis) is 1. The predicted molar refractivity (Wildman–Crippen MR) is 332 cm³/mol. The summed E-state index contributed by atoms with van der Waals surface area (Å²) in [5.41, 5.74) is 2.77. The number of carbonyl (C=O) groups excluding carboxylic acids is 8. The quantitative estimate of drug-likeness (QED) is 0.0289. The van der Waals surface area contributed by atoms with Gasteiger partial charge in [-0.15, -0.1) is 0 Å². The molecule has 0 saturated carbocycles. The molecule has 1 N–H and O–H groups in total. The maximum Gasteiger partial charge on any atom is 0.476 e. The van der Waals surface area contributed by atoms with Crippen LogP contribution in [-0.4, -0.2) is 166 Å². The lowest BCUT2D eigenvalue weighted by molar-refractivity contribution is -0.402. The number of rotatable bonds is 29. The zero-order valence-electron chi connectivity index (χ0n) is 54.2. The lowest BCUT2D eigenvalue weighted by Crippen LogP contribution is -2.68. The van der Waals surface area contributed by atoms with Crippen molar-refractivity contribution >= 4 is 55.7 Å². The van der Waals surface area contributed by atoms with Crippen LogP contribution in [0.1, 0.15) is 75.6 Å². The Morgan fingerprint density at radius 2 is 0.929 bits per heavy atom. The van der Waals surface area contributed by atoms with Crippen molar-refractivity contribution in [2.45, 2.75) is 166 Å². The molecule has 16 atom stereocenters. The van der Waals surface area contributed by atoms with E-state index < -0.39 is 174 Å². The Kier molecular flexibility index (Phi) is 26.9. The summed E-state index contributed by atoms with van der Waals surface area (Å²) in [6.45, 7) is 2.67. The molecule has 30 heteroatoms. The highest BCUT2D eigenvalue weighted by Gasteiger charge is 2.60. The van der Waals surface area contributed by atoms with Crippen molar-refractivity contribution in [2.75, 3.05) is 26.4 Å². The Balaban J connectivity index is 1.10. The minimum absolute atomic E-state index is 0.199. The van der Waals surface area contributed by atoms with Gasteiger partial charge in [0.15, 0.2) is 67.8 Å². The zero-order valence-corrected chi connectivity index (χ0v) is 55.1. The van der Waals surface area contributed by atoms with Gasteiger partial charge in [-0.1, -0.05) is 152 Å². The van der Waals surface area contributed by atoms with Gasteiger partial charge in [0.25, 0.3) is 0 Å². The Morgan fingerprint density at radius 1 is 0.459 bits per heavy atom. The van der Waals surface area contributed by atoms with Gasteiger partial charge in [0.1, 0.15) is 50.3 Å². The number of benzene rings is 5. The Labute approximate surface area is 563 Å². The van der Waals surface area contributed by atoms with E-state index in [4.69, 9.17) is 89.4 Å². The molecular formula is C68H76NO28P. The number of phosphoric acid groups is 1. The molecule has 0 unspecified atom stereocenters. The molecule has 0 radical (unpaired) electrons. The van der Waals surface area contributed by atoms with E-state index in [1.54, 1.807) is 152 Å². The first-order valence-electron chi connectivity index (χ1n) is 31.2. The van der Waals surface area contributed by atoms with Crippen molar-refractivity contribution < 1.29 is 132 Å². The van der Waals surface area contributed by atoms with E-state index >= 15 is 4.57 Å². The fourth-order valence-electron chi connectivity index (χ4n) is 10.8. The summed E-state index contributed by atoms with van der Waals surface area (Å²) in [5, 5.41) is 2.49. The third-order valence-electron chi connectivity index (χ3n) is 15.0. The third kappa shape index (κ3) is 21.5. The molecule has 5 aromatic carbocycles. The molecule has 0 spiro atoms. The fourth-order valence-corrected chi connectivity index (χ4v) is 12.1. The first kappa shape index (κ1) is 73.7. The lowest BCUT2D eigenvalue weighted by Gasteiger charge is -2.51. The second-order valence-corrected chi connectivity index (χ2v) is 24.3. The van der Waals surface area contributed by atoms with Gasteiger partial charge in [-0.2, -0.15) is 0 Å². The van der Waals surface area contributed by atoms with E-state index in [0.717, 1.165) is 41.5 Å². The Morgan fingerprint density at radius 3 is 1.46 bits per heavy atom. The number of carbonyl (C=O) groups is 8. The van der Waals surface area contributed by atoms with Gasteiger partial charge in [-0.25, -0.2) is 14.2 Å². The van der Waals surface area contributed by atoms with Gasteiger partial charge in [0.2, 0.25) is 0 Å². The van der Waals surface area contributed by atoms with E-state index in [9.17, 15) is 38.4 Å². The molecule has 4 saturated heterocycles. The average Bonchev–Trinajstić information content (AvgIpc) is 0.763. The second kappa shape index (κ2) is 35.8. The predicted octanol–water partition coefficient (Wildman–Crippen LogP) is 6.88. The number of hydrogen-bond acceptors (Lipinski definition) is 28. The fraction of sp³-hybridized carbons (Fsp3) is 0.441. The summed E-state index contributed by atoms with van der Waals surface area (Å²) in [4.78, 5) is 106. The number of hydrogen-bond donors (Lipinski definition) is 1. The standard InChI is InChI=1S/C68H76NO28P/c1-40(70)79-37-52-55(87-41(2)71)58(89-43(4)73)60(90-44(5)74)67(94-52)96-59-56-53(38-82-64(95-56)50-30-20-11-21-31-50)92-66(61(59)91-45(6)75)93-54-39-83-65(81-36-51(63(76)80-32-46-22-12-7-13-23-46)69-68(77)84-33-47-24-14-8-15-25-47)62(57(54)88-42(3)72)97-98(78,85-34-48-26-16-9-17-27-48)86-35-49-28-18-10-19-29-49/h7-31,51-62,64-67H,32-39H2,1-6H3,(H,69,77)/t51-,52+,53+,54+,55-,56-,57-,58-,59-,60+,61+,62+,64-,65+,66-,67-/m0/s1. The van der Waals surface area contributed by atoms with Crippen molar-refractivity contribution in [1.82, 2.24) is 5.32 Å². The molecule has 0 bridgehead atoms. The highest BCUT2D eigenvalue weighted by atomic mass is 31.2. The molecular weight excluding hydrogens is 1310 g/mol. The molecule has 526 valence electrons. The molecule has 0 aliphatic carbocycles. The maximum absolute atomic E-state index is 15.6. The first-order chi connectivity index (χ1) is 47.2. The van der Waals surface area contributed by atoms with Crippen molar-refractivity contribution in [2.24, 2.45) is 0 Å². The van der Waals surface area contributed by atoms with Crippen LogP contribution in [0.25, 0.3) is 0 Å². The van der Waals surface area contributed by atoms with Crippen LogP contribution < -0.4 is 5.32 Å². The summed E-state index contributed by atoms with van der Waals surface area (Å²) in [6, 6.07) is 41.4. The number of esters is 7. The summed E-state index contributed by atoms with van der Waals surface area (Å²) in [7, 11) is -5.03. The number of amides is 1. The lowest BCUT2D eigenvalue weighted by atomic mass is 9.95. The van der Waals surface area contributed by atoms with E-state index in [1.165, 1.54) is 0 Å². The number of fused-ring (bicyclic) bond motifs is 1. The van der Waals surface area contributed by atoms with Crippen LogP contribution in [0.2, 0.25) is 0 Å². The van der Waals surface area contributed by atoms with Crippen LogP contribution in [-0.2, 0) is 154 Å². The van der Waals surface area contributed by atoms with Crippen LogP contribution in [0.15, 0.2) is 152 Å². The Bertz CT molecular complexity index is 3440. The number of nitrogens with one attached hydrogen (secondary N) is 1. The van der Waals surface area contributed by atoms with Gasteiger partial charge < -0.3 is 81.1 Å². The van der Waals surface area contributed by atoms with E-state index in [2.05, 4.69) is 5.32 Å². The molecule has 1 amide bonds. The van der Waals surface area contributed by atoms with Gasteiger partial charge in [0.05, 0.1) is 33.0 Å². The highest BCUT2D eigenvalue weighted by molar-refractivity contribution is 7.48. The average molecular weight is 1390 g/mol. The van der Waals surface area contributed by atoms with E-state index in [0.29, 0.717) is 27.8 Å². The molecule has 4 fully saturated rings. The van der Waals surface area contributed by atoms with E-state index in [1.807, 2.05) is 0 Å². The summed E-state index contributed by atoms with van der Waals surface area (Å²) in [5.74, 6) is -6.58. The maximum atomic E-state index is 15.6. The minimum Gasteiger partial charge on any atom is -0.463 e. The summed E-state index contributed by atoms with van der Waals surface area (Å²) >= 11 is 0. The largest absolute Gasteiger partial charge is 0.476 e. The van der Waals surface area contributed by atoms with Crippen molar-refractivity contribution in [3.05, 3.63) is 179 Å².